The number of carbonyl (C=O) groups is 2. The first-order valence-corrected chi connectivity index (χ1v) is 7.43. The number of amides is 2. The lowest BCUT2D eigenvalue weighted by Gasteiger charge is -2.33. The van der Waals surface area contributed by atoms with Crippen LogP contribution < -0.4 is 0 Å². The summed E-state index contributed by atoms with van der Waals surface area (Å²) >= 11 is 0. The van der Waals surface area contributed by atoms with Gasteiger partial charge >= 0.3 is 12.2 Å². The van der Waals surface area contributed by atoms with Gasteiger partial charge < -0.3 is 19.7 Å². The zero-order valence-electron chi connectivity index (χ0n) is 14.1. The minimum absolute atomic E-state index is 0.292. The van der Waals surface area contributed by atoms with E-state index in [0.29, 0.717) is 12.8 Å². The van der Waals surface area contributed by atoms with Crippen LogP contribution in [0, 0.1) is 0 Å². The fourth-order valence-corrected chi connectivity index (χ4v) is 2.19. The molecular weight excluding hydrogens is 290 g/mol. The van der Waals surface area contributed by atoms with E-state index < -0.39 is 41.6 Å². The lowest BCUT2D eigenvalue weighted by atomic mass is 10.1. The molecule has 0 aliphatic heterocycles. The first-order chi connectivity index (χ1) is 9.82. The molecule has 1 aliphatic carbocycles. The number of imide groups is 1. The molecule has 1 rings (SSSR count). The third-order valence-electron chi connectivity index (χ3n) is 3.06. The van der Waals surface area contributed by atoms with Crippen LogP contribution in [0.1, 0.15) is 54.4 Å². The molecule has 0 bridgehead atoms. The van der Waals surface area contributed by atoms with Crippen LogP contribution in [-0.2, 0) is 9.47 Å². The molecule has 0 saturated heterocycles. The van der Waals surface area contributed by atoms with Crippen molar-refractivity contribution in [3.05, 3.63) is 0 Å². The van der Waals surface area contributed by atoms with Crippen LogP contribution >= 0.6 is 0 Å². The highest BCUT2D eigenvalue weighted by Crippen LogP contribution is 2.28. The van der Waals surface area contributed by atoms with Gasteiger partial charge in [-0.3, -0.25) is 0 Å². The van der Waals surface area contributed by atoms with Gasteiger partial charge in [-0.25, -0.2) is 14.5 Å². The predicted octanol–water partition coefficient (Wildman–Crippen LogP) is 2.04. The van der Waals surface area contributed by atoms with Crippen molar-refractivity contribution in [1.29, 1.82) is 0 Å². The van der Waals surface area contributed by atoms with Crippen LogP contribution in [0.25, 0.3) is 0 Å². The van der Waals surface area contributed by atoms with Crippen LogP contribution in [0.4, 0.5) is 9.59 Å². The second-order valence-corrected chi connectivity index (χ2v) is 7.53. The van der Waals surface area contributed by atoms with E-state index in [4.69, 9.17) is 9.47 Å². The number of rotatable bonds is 1. The first kappa shape index (κ1) is 18.7. The fourth-order valence-electron chi connectivity index (χ4n) is 2.19. The Balaban J connectivity index is 3.00. The standard InChI is InChI=1S/C15H27NO6/c1-14(2,3)21-12(19)16(13(20)22-15(4,5)6)9-7-8-10(17)11(9)18/h9-11,17-18H,7-8H2,1-6H3/t9-,10-,11-/m1/s1. The number of aliphatic hydroxyl groups is 2. The first-order valence-electron chi connectivity index (χ1n) is 7.43. The topological polar surface area (TPSA) is 96.3 Å². The van der Waals surface area contributed by atoms with Gasteiger partial charge in [0.25, 0.3) is 0 Å². The summed E-state index contributed by atoms with van der Waals surface area (Å²) in [6, 6.07) is -0.861. The summed E-state index contributed by atoms with van der Waals surface area (Å²) in [5.74, 6) is 0. The van der Waals surface area contributed by atoms with Crippen LogP contribution in [0.15, 0.2) is 0 Å². The monoisotopic (exact) mass is 317 g/mol. The molecule has 0 aromatic heterocycles. The zero-order chi connectivity index (χ0) is 17.3. The molecule has 1 aliphatic rings. The smallest absolute Gasteiger partial charge is 0.420 e. The molecule has 128 valence electrons. The maximum atomic E-state index is 12.3. The van der Waals surface area contributed by atoms with E-state index in [0.717, 1.165) is 4.90 Å². The predicted molar refractivity (Wildman–Crippen MR) is 79.3 cm³/mol. The molecule has 7 heteroatoms. The minimum atomic E-state index is -1.21. The molecule has 0 spiro atoms. The molecule has 2 N–H and O–H groups in total. The highest BCUT2D eigenvalue weighted by molar-refractivity contribution is 5.88. The average Bonchev–Trinajstić information content (AvgIpc) is 2.56. The molecule has 3 atom stereocenters. The highest BCUT2D eigenvalue weighted by atomic mass is 16.6. The quantitative estimate of drug-likeness (QED) is 0.768. The number of hydrogen-bond acceptors (Lipinski definition) is 6. The normalized spacial score (nSPS) is 25.7. The van der Waals surface area contributed by atoms with Gasteiger partial charge in [0, 0.05) is 0 Å². The largest absolute Gasteiger partial charge is 0.443 e. The summed E-state index contributed by atoms with van der Waals surface area (Å²) in [4.78, 5) is 25.4. The van der Waals surface area contributed by atoms with Crippen LogP contribution in [0.5, 0.6) is 0 Å². The molecule has 7 nitrogen and oxygen atoms in total. The molecule has 2 amide bonds. The van der Waals surface area contributed by atoms with Gasteiger partial charge in [-0.15, -0.1) is 0 Å². The third-order valence-corrected chi connectivity index (χ3v) is 3.06. The van der Waals surface area contributed by atoms with E-state index in [2.05, 4.69) is 0 Å². The van der Waals surface area contributed by atoms with Crippen molar-refractivity contribution in [3.63, 3.8) is 0 Å². The number of aliphatic hydroxyl groups excluding tert-OH is 2. The Bertz CT molecular complexity index is 395. The number of ether oxygens (including phenoxy) is 2. The molecular formula is C15H27NO6. The van der Waals surface area contributed by atoms with E-state index in [1.807, 2.05) is 0 Å². The van der Waals surface area contributed by atoms with Gasteiger partial charge in [-0.05, 0) is 54.4 Å². The summed E-state index contributed by atoms with van der Waals surface area (Å²) in [5, 5.41) is 19.7. The molecule has 0 radical (unpaired) electrons. The van der Waals surface area contributed by atoms with Crippen LogP contribution in [0.2, 0.25) is 0 Å². The molecule has 0 aromatic rings. The molecule has 0 unspecified atom stereocenters. The Labute approximate surface area is 131 Å². The summed E-state index contributed by atoms with van der Waals surface area (Å²) in [5.41, 5.74) is -1.58. The summed E-state index contributed by atoms with van der Waals surface area (Å²) < 4.78 is 10.4. The zero-order valence-corrected chi connectivity index (χ0v) is 14.1. The second kappa shape index (κ2) is 6.42. The minimum Gasteiger partial charge on any atom is -0.443 e. The molecule has 1 saturated carbocycles. The van der Waals surface area contributed by atoms with E-state index in [1.165, 1.54) is 0 Å². The van der Waals surface area contributed by atoms with Crippen LogP contribution in [0.3, 0.4) is 0 Å². The van der Waals surface area contributed by atoms with Gasteiger partial charge in [-0.1, -0.05) is 0 Å². The van der Waals surface area contributed by atoms with Crippen molar-refractivity contribution in [2.45, 2.75) is 83.8 Å². The van der Waals surface area contributed by atoms with Gasteiger partial charge in [0.2, 0.25) is 0 Å². The molecule has 0 aromatic carbocycles. The fraction of sp³-hybridized carbons (Fsp3) is 0.867. The maximum absolute atomic E-state index is 12.3. The van der Waals surface area contributed by atoms with Crippen molar-refractivity contribution < 1.29 is 29.3 Å². The number of nitrogens with zero attached hydrogens (tertiary/aromatic N) is 1. The summed E-state index contributed by atoms with van der Waals surface area (Å²) in [6.45, 7) is 10.1. The van der Waals surface area contributed by atoms with Crippen molar-refractivity contribution in [1.82, 2.24) is 4.90 Å². The van der Waals surface area contributed by atoms with Crippen molar-refractivity contribution in [2.75, 3.05) is 0 Å². The Kier molecular flexibility index (Phi) is 5.46. The van der Waals surface area contributed by atoms with Gasteiger partial charge in [-0.2, -0.15) is 0 Å². The van der Waals surface area contributed by atoms with Gasteiger partial charge in [0.1, 0.15) is 17.3 Å². The van der Waals surface area contributed by atoms with Crippen molar-refractivity contribution >= 4 is 12.2 Å². The average molecular weight is 317 g/mol. The number of carbonyl (C=O) groups excluding carboxylic acids is 2. The van der Waals surface area contributed by atoms with Crippen LogP contribution in [-0.4, -0.2) is 56.8 Å². The van der Waals surface area contributed by atoms with E-state index >= 15 is 0 Å². The Morgan fingerprint density at radius 1 is 0.909 bits per heavy atom. The lowest BCUT2D eigenvalue weighted by molar-refractivity contribution is -0.0328. The highest BCUT2D eigenvalue weighted by Gasteiger charge is 2.45. The lowest BCUT2D eigenvalue weighted by Crippen LogP contribution is -2.52. The third kappa shape index (κ3) is 5.14. The maximum Gasteiger partial charge on any atom is 0.420 e. The van der Waals surface area contributed by atoms with Crippen molar-refractivity contribution in [3.8, 4) is 0 Å². The molecule has 0 heterocycles. The van der Waals surface area contributed by atoms with Gasteiger partial charge in [0.05, 0.1) is 12.1 Å². The second-order valence-electron chi connectivity index (χ2n) is 7.53. The summed E-state index contributed by atoms with van der Waals surface area (Å²) in [6.07, 6.45) is -3.37. The Morgan fingerprint density at radius 2 is 1.32 bits per heavy atom. The molecule has 1 fully saturated rings. The van der Waals surface area contributed by atoms with E-state index in [9.17, 15) is 19.8 Å². The summed E-state index contributed by atoms with van der Waals surface area (Å²) in [7, 11) is 0. The van der Waals surface area contributed by atoms with E-state index in [1.54, 1.807) is 41.5 Å². The van der Waals surface area contributed by atoms with E-state index in [-0.39, 0.29) is 0 Å². The van der Waals surface area contributed by atoms with Gasteiger partial charge in [0.15, 0.2) is 0 Å². The molecule has 22 heavy (non-hydrogen) atoms. The Hall–Kier alpha value is -1.34. The Morgan fingerprint density at radius 3 is 1.59 bits per heavy atom. The number of hydrogen-bond donors (Lipinski definition) is 2. The SMILES string of the molecule is CC(C)(C)OC(=O)N(C(=O)OC(C)(C)C)[C@@H]1CC[C@@H](O)[C@@H]1O. The van der Waals surface area contributed by atoms with Crippen molar-refractivity contribution in [2.24, 2.45) is 0 Å².